The number of anilines is 1. The summed E-state index contributed by atoms with van der Waals surface area (Å²) in [7, 11) is 0. The molecular weight excluding hydrogens is 432 g/mol. The Hall–Kier alpha value is -3.36. The van der Waals surface area contributed by atoms with Crippen LogP contribution in [-0.2, 0) is 6.54 Å². The molecule has 4 heterocycles. The minimum Gasteiger partial charge on any atom is -0.439 e. The average molecular weight is 451 g/mol. The number of aryl methyl sites for hydroxylation is 2. The molecule has 0 saturated heterocycles. The molecule has 5 aromatic rings. The number of rotatable bonds is 5. The molecule has 0 aliphatic heterocycles. The van der Waals surface area contributed by atoms with E-state index in [1.165, 1.54) is 0 Å². The largest absolute Gasteiger partial charge is 0.439 e. The van der Waals surface area contributed by atoms with Crippen molar-refractivity contribution in [3.05, 3.63) is 71.8 Å². The van der Waals surface area contributed by atoms with Gasteiger partial charge in [-0.05, 0) is 43.2 Å². The maximum Gasteiger partial charge on any atom is 0.219 e. The molecule has 0 spiro atoms. The smallest absolute Gasteiger partial charge is 0.219 e. The zero-order chi connectivity index (χ0) is 20.5. The molecule has 0 saturated carbocycles. The average Bonchev–Trinajstić information content (AvgIpc) is 3.16. The summed E-state index contributed by atoms with van der Waals surface area (Å²) in [6.45, 7) is 4.66. The topological polar surface area (TPSA) is 85.7 Å². The molecular formula is C22H19ClN6OS. The summed E-state index contributed by atoms with van der Waals surface area (Å²) in [5.74, 6) is 2.12. The van der Waals surface area contributed by atoms with Crippen molar-refractivity contribution >= 4 is 50.0 Å². The van der Waals surface area contributed by atoms with Crippen molar-refractivity contribution in [2.24, 2.45) is 0 Å². The second-order valence-corrected chi connectivity index (χ2v) is 7.86. The van der Waals surface area contributed by atoms with Crippen LogP contribution in [0.1, 0.15) is 16.8 Å². The first-order valence-electron chi connectivity index (χ1n) is 9.48. The number of hydrogen-bond donors (Lipinski definition) is 1. The first-order valence-corrected chi connectivity index (χ1v) is 10.3. The molecule has 0 bridgehead atoms. The van der Waals surface area contributed by atoms with Crippen LogP contribution in [0.4, 0.5) is 5.82 Å². The maximum absolute atomic E-state index is 5.74. The van der Waals surface area contributed by atoms with Crippen molar-refractivity contribution in [3.8, 4) is 11.6 Å². The molecule has 0 radical (unpaired) electrons. The molecule has 0 aliphatic carbocycles. The second-order valence-electron chi connectivity index (χ2n) is 6.86. The third-order valence-electron chi connectivity index (χ3n) is 4.91. The highest BCUT2D eigenvalue weighted by Crippen LogP contribution is 2.36. The van der Waals surface area contributed by atoms with Gasteiger partial charge in [-0.1, -0.05) is 18.2 Å². The van der Waals surface area contributed by atoms with E-state index < -0.39 is 0 Å². The van der Waals surface area contributed by atoms with Gasteiger partial charge in [-0.25, -0.2) is 15.0 Å². The van der Waals surface area contributed by atoms with E-state index >= 15 is 0 Å². The first kappa shape index (κ1) is 20.9. The molecule has 9 heteroatoms. The number of fused-ring (bicyclic) bond motifs is 3. The van der Waals surface area contributed by atoms with E-state index in [1.54, 1.807) is 23.9 Å². The van der Waals surface area contributed by atoms with Crippen molar-refractivity contribution in [2.45, 2.75) is 20.4 Å². The van der Waals surface area contributed by atoms with Crippen LogP contribution in [0.25, 0.3) is 20.4 Å². The molecule has 0 aliphatic rings. The van der Waals surface area contributed by atoms with Crippen LogP contribution in [0, 0.1) is 13.8 Å². The number of aromatic nitrogens is 5. The zero-order valence-corrected chi connectivity index (χ0v) is 18.5. The van der Waals surface area contributed by atoms with E-state index in [-0.39, 0.29) is 12.4 Å². The van der Waals surface area contributed by atoms with Gasteiger partial charge < -0.3 is 10.1 Å². The molecule has 0 unspecified atom stereocenters. The molecule has 0 fully saturated rings. The molecule has 1 N–H and O–H groups in total. The fourth-order valence-corrected chi connectivity index (χ4v) is 4.30. The van der Waals surface area contributed by atoms with E-state index in [9.17, 15) is 0 Å². The van der Waals surface area contributed by atoms with Crippen LogP contribution in [0.5, 0.6) is 11.6 Å². The molecule has 0 amide bonds. The quantitative estimate of drug-likeness (QED) is 0.379. The van der Waals surface area contributed by atoms with Gasteiger partial charge in [0.2, 0.25) is 5.88 Å². The predicted octanol–water partition coefficient (Wildman–Crippen LogP) is 5.47. The number of halogens is 1. The summed E-state index contributed by atoms with van der Waals surface area (Å²) in [6.07, 6.45) is 3.30. The van der Waals surface area contributed by atoms with Gasteiger partial charge in [0.05, 0.1) is 15.9 Å². The van der Waals surface area contributed by atoms with E-state index in [0.717, 1.165) is 48.8 Å². The molecule has 1 aromatic carbocycles. The van der Waals surface area contributed by atoms with Gasteiger partial charge in [0.15, 0.2) is 0 Å². The fourth-order valence-electron chi connectivity index (χ4n) is 3.20. The van der Waals surface area contributed by atoms with E-state index in [2.05, 4.69) is 37.4 Å². The normalized spacial score (nSPS) is 10.8. The Morgan fingerprint density at radius 3 is 2.58 bits per heavy atom. The van der Waals surface area contributed by atoms with Gasteiger partial charge in [0.1, 0.15) is 22.7 Å². The van der Waals surface area contributed by atoms with E-state index in [1.807, 2.05) is 49.4 Å². The van der Waals surface area contributed by atoms with Gasteiger partial charge in [-0.3, -0.25) is 0 Å². The molecule has 31 heavy (non-hydrogen) atoms. The SMILES string of the molecule is Cc1nnc2sc3c(NCc4ccc(Oc5ccccn5)cc4)ncnc3c2c1C.Cl. The number of benzene rings is 1. The zero-order valence-electron chi connectivity index (χ0n) is 16.9. The lowest BCUT2D eigenvalue weighted by Gasteiger charge is -2.08. The van der Waals surface area contributed by atoms with Gasteiger partial charge in [-0.2, -0.15) is 5.10 Å². The van der Waals surface area contributed by atoms with Crippen LogP contribution in [0.3, 0.4) is 0 Å². The van der Waals surface area contributed by atoms with Gasteiger partial charge in [0.25, 0.3) is 0 Å². The van der Waals surface area contributed by atoms with Gasteiger partial charge in [0, 0.05) is 24.2 Å². The van der Waals surface area contributed by atoms with Crippen LogP contribution in [0.15, 0.2) is 55.0 Å². The van der Waals surface area contributed by atoms with E-state index in [4.69, 9.17) is 4.74 Å². The molecule has 7 nitrogen and oxygen atoms in total. The Morgan fingerprint density at radius 1 is 0.968 bits per heavy atom. The minimum absolute atomic E-state index is 0. The monoisotopic (exact) mass is 450 g/mol. The van der Waals surface area contributed by atoms with Gasteiger partial charge >= 0.3 is 0 Å². The summed E-state index contributed by atoms with van der Waals surface area (Å²) in [4.78, 5) is 14.0. The summed E-state index contributed by atoms with van der Waals surface area (Å²) < 4.78 is 6.74. The first-order chi connectivity index (χ1) is 14.7. The summed E-state index contributed by atoms with van der Waals surface area (Å²) in [5.41, 5.74) is 4.06. The maximum atomic E-state index is 5.74. The highest BCUT2D eigenvalue weighted by atomic mass is 35.5. The third kappa shape index (κ3) is 4.12. The highest BCUT2D eigenvalue weighted by Gasteiger charge is 2.15. The van der Waals surface area contributed by atoms with Crippen LogP contribution < -0.4 is 10.1 Å². The summed E-state index contributed by atoms with van der Waals surface area (Å²) in [6, 6.07) is 13.5. The van der Waals surface area contributed by atoms with Crippen LogP contribution >= 0.6 is 23.7 Å². The second kappa shape index (κ2) is 8.79. The van der Waals surface area contributed by atoms with Crippen LogP contribution in [0.2, 0.25) is 0 Å². The van der Waals surface area contributed by atoms with Crippen molar-refractivity contribution < 1.29 is 4.74 Å². The number of thiophene rings is 1. The van der Waals surface area contributed by atoms with Gasteiger partial charge in [-0.15, -0.1) is 28.8 Å². The lowest BCUT2D eigenvalue weighted by molar-refractivity contribution is 0.463. The van der Waals surface area contributed by atoms with Crippen molar-refractivity contribution in [2.75, 3.05) is 5.32 Å². The number of hydrogen-bond acceptors (Lipinski definition) is 8. The van der Waals surface area contributed by atoms with Crippen LogP contribution in [-0.4, -0.2) is 25.1 Å². The van der Waals surface area contributed by atoms with E-state index in [0.29, 0.717) is 12.4 Å². The Morgan fingerprint density at radius 2 is 1.81 bits per heavy atom. The molecule has 4 aromatic heterocycles. The molecule has 5 rings (SSSR count). The lowest BCUT2D eigenvalue weighted by Crippen LogP contribution is -2.01. The number of pyridine rings is 1. The third-order valence-corrected chi connectivity index (χ3v) is 5.98. The minimum atomic E-state index is 0. The Bertz CT molecular complexity index is 1340. The van der Waals surface area contributed by atoms with Crippen molar-refractivity contribution in [1.82, 2.24) is 25.1 Å². The molecule has 156 valence electrons. The highest BCUT2D eigenvalue weighted by molar-refractivity contribution is 7.25. The number of nitrogens with zero attached hydrogens (tertiary/aromatic N) is 5. The fraction of sp³-hybridized carbons (Fsp3) is 0.136. The Labute approximate surface area is 189 Å². The number of ether oxygens (including phenoxy) is 1. The Balaban J connectivity index is 0.00000231. The summed E-state index contributed by atoms with van der Waals surface area (Å²) in [5, 5.41) is 13.1. The standard InChI is InChI=1S/C22H18N6OS.ClH/c1-13-14(2)27-28-22-18(13)19-20(30-22)21(26-12-25-19)24-11-15-6-8-16(9-7-15)29-17-5-3-4-10-23-17;/h3-10,12H,11H2,1-2H3,(H,24,25,26);1H. The number of nitrogens with one attached hydrogen (secondary N) is 1. The van der Waals surface area contributed by atoms with Crippen molar-refractivity contribution in [1.29, 1.82) is 0 Å². The molecule has 0 atom stereocenters. The lowest BCUT2D eigenvalue weighted by atomic mass is 10.1. The Kier molecular flexibility index (Phi) is 5.92. The van der Waals surface area contributed by atoms with Crippen molar-refractivity contribution in [3.63, 3.8) is 0 Å². The summed E-state index contributed by atoms with van der Waals surface area (Å²) >= 11 is 1.56. The predicted molar refractivity (Wildman–Crippen MR) is 125 cm³/mol.